The normalized spacial score (nSPS) is 11.5. The van der Waals surface area contributed by atoms with Gasteiger partial charge in [0, 0.05) is 17.1 Å². The van der Waals surface area contributed by atoms with E-state index in [9.17, 15) is 4.79 Å². The van der Waals surface area contributed by atoms with Gasteiger partial charge in [0.2, 0.25) is 0 Å². The molecule has 0 saturated carbocycles. The van der Waals surface area contributed by atoms with Gasteiger partial charge in [-0.1, -0.05) is 6.07 Å². The Bertz CT molecular complexity index is 537. The molecular formula is C13H15NO3. The average molecular weight is 233 g/mol. The van der Waals surface area contributed by atoms with E-state index in [1.165, 1.54) is 0 Å². The number of fused-ring (bicyclic) bond motifs is 1. The van der Waals surface area contributed by atoms with Gasteiger partial charge in [0.15, 0.2) is 0 Å². The molecule has 0 bridgehead atoms. The lowest BCUT2D eigenvalue weighted by Gasteiger charge is -2.18. The Morgan fingerprint density at radius 2 is 2.00 bits per heavy atom. The molecule has 2 rings (SSSR count). The van der Waals surface area contributed by atoms with Gasteiger partial charge in [-0.05, 0) is 39.0 Å². The van der Waals surface area contributed by atoms with E-state index in [1.54, 1.807) is 33.0 Å². The number of H-pyrrole nitrogens is 1. The monoisotopic (exact) mass is 233 g/mol. The lowest BCUT2D eigenvalue weighted by Crippen LogP contribution is -2.26. The SMILES string of the molecule is CC(C)(C)OC(=O)Oc1cccc2[nH]ccc12. The van der Waals surface area contributed by atoms with Crippen molar-refractivity contribution in [1.82, 2.24) is 4.98 Å². The highest BCUT2D eigenvalue weighted by atomic mass is 16.7. The van der Waals surface area contributed by atoms with Crippen LogP contribution in [-0.2, 0) is 4.74 Å². The number of benzene rings is 1. The first-order valence-corrected chi connectivity index (χ1v) is 5.43. The quantitative estimate of drug-likeness (QED) is 0.606. The molecule has 0 aliphatic carbocycles. The largest absolute Gasteiger partial charge is 0.514 e. The molecule has 2 aromatic rings. The molecule has 0 spiro atoms. The Morgan fingerprint density at radius 3 is 2.71 bits per heavy atom. The number of ether oxygens (including phenoxy) is 2. The predicted molar refractivity (Wildman–Crippen MR) is 65.2 cm³/mol. The van der Waals surface area contributed by atoms with Crippen LogP contribution >= 0.6 is 0 Å². The van der Waals surface area contributed by atoms with Gasteiger partial charge in [-0.25, -0.2) is 4.79 Å². The minimum atomic E-state index is -0.689. The second kappa shape index (κ2) is 4.13. The molecule has 4 nitrogen and oxygen atoms in total. The molecule has 0 atom stereocenters. The third-order valence-corrected chi connectivity index (χ3v) is 2.14. The van der Waals surface area contributed by atoms with Crippen LogP contribution in [0.5, 0.6) is 5.75 Å². The van der Waals surface area contributed by atoms with Crippen LogP contribution in [0.3, 0.4) is 0 Å². The average Bonchev–Trinajstić information content (AvgIpc) is 2.63. The summed E-state index contributed by atoms with van der Waals surface area (Å²) in [7, 11) is 0. The highest BCUT2D eigenvalue weighted by molar-refractivity contribution is 5.87. The van der Waals surface area contributed by atoms with E-state index >= 15 is 0 Å². The first kappa shape index (κ1) is 11.5. The second-order valence-electron chi connectivity index (χ2n) is 4.76. The summed E-state index contributed by atoms with van der Waals surface area (Å²) >= 11 is 0. The van der Waals surface area contributed by atoms with E-state index in [0.29, 0.717) is 5.75 Å². The summed E-state index contributed by atoms with van der Waals surface area (Å²) < 4.78 is 10.3. The van der Waals surface area contributed by atoms with Crippen molar-refractivity contribution in [2.75, 3.05) is 0 Å². The Hall–Kier alpha value is -1.97. The standard InChI is InChI=1S/C13H15NO3/c1-13(2,3)17-12(15)16-11-6-4-5-10-9(11)7-8-14-10/h4-8,14H,1-3H3. The number of rotatable bonds is 1. The number of hydrogen-bond acceptors (Lipinski definition) is 3. The highest BCUT2D eigenvalue weighted by Crippen LogP contribution is 2.25. The molecule has 0 amide bonds. The van der Waals surface area contributed by atoms with Crippen LogP contribution in [0.2, 0.25) is 0 Å². The van der Waals surface area contributed by atoms with Crippen molar-refractivity contribution in [1.29, 1.82) is 0 Å². The third-order valence-electron chi connectivity index (χ3n) is 2.14. The summed E-state index contributed by atoms with van der Waals surface area (Å²) in [6.07, 6.45) is 1.11. The maximum absolute atomic E-state index is 11.5. The summed E-state index contributed by atoms with van der Waals surface area (Å²) in [5.41, 5.74) is 0.370. The Morgan fingerprint density at radius 1 is 1.24 bits per heavy atom. The van der Waals surface area contributed by atoms with Crippen molar-refractivity contribution in [2.24, 2.45) is 0 Å². The summed E-state index contributed by atoms with van der Waals surface area (Å²) in [6, 6.07) is 7.32. The number of carbonyl (C=O) groups is 1. The zero-order chi connectivity index (χ0) is 12.5. The van der Waals surface area contributed by atoms with Gasteiger partial charge < -0.3 is 14.5 Å². The molecule has 4 heteroatoms. The van der Waals surface area contributed by atoms with Gasteiger partial charge in [-0.15, -0.1) is 0 Å². The Labute approximate surface area is 99.5 Å². The van der Waals surface area contributed by atoms with Crippen LogP contribution in [0.15, 0.2) is 30.5 Å². The molecule has 1 aromatic carbocycles. The topological polar surface area (TPSA) is 51.3 Å². The number of aromatic amines is 1. The van der Waals surface area contributed by atoms with Gasteiger partial charge in [-0.2, -0.15) is 0 Å². The smallest absolute Gasteiger partial charge is 0.428 e. The van der Waals surface area contributed by atoms with Crippen LogP contribution < -0.4 is 4.74 Å². The van der Waals surface area contributed by atoms with Crippen LogP contribution in [0.4, 0.5) is 4.79 Å². The van der Waals surface area contributed by atoms with Crippen LogP contribution in [-0.4, -0.2) is 16.7 Å². The fraction of sp³-hybridized carbons (Fsp3) is 0.308. The van der Waals surface area contributed by atoms with Gasteiger partial charge in [0.25, 0.3) is 0 Å². The number of hydrogen-bond donors (Lipinski definition) is 1. The van der Waals surface area contributed by atoms with Crippen LogP contribution in [0, 0.1) is 0 Å². The molecule has 1 aromatic heterocycles. The molecule has 0 saturated heterocycles. The third kappa shape index (κ3) is 2.78. The molecule has 0 aliphatic rings. The van der Waals surface area contributed by atoms with Crippen LogP contribution in [0.25, 0.3) is 10.9 Å². The number of aromatic nitrogens is 1. The zero-order valence-corrected chi connectivity index (χ0v) is 10.1. The molecule has 0 fully saturated rings. The lowest BCUT2D eigenvalue weighted by atomic mass is 10.2. The van der Waals surface area contributed by atoms with Crippen molar-refractivity contribution in [2.45, 2.75) is 26.4 Å². The number of carbonyl (C=O) groups excluding carboxylic acids is 1. The van der Waals surface area contributed by atoms with E-state index in [-0.39, 0.29) is 0 Å². The summed E-state index contributed by atoms with van der Waals surface area (Å²) in [5.74, 6) is 0.498. The van der Waals surface area contributed by atoms with Gasteiger partial charge >= 0.3 is 6.16 Å². The van der Waals surface area contributed by atoms with Crippen molar-refractivity contribution in [3.05, 3.63) is 30.5 Å². The van der Waals surface area contributed by atoms with Crippen molar-refractivity contribution in [3.63, 3.8) is 0 Å². The van der Waals surface area contributed by atoms with Crippen molar-refractivity contribution < 1.29 is 14.3 Å². The van der Waals surface area contributed by atoms with E-state index in [1.807, 2.05) is 18.2 Å². The second-order valence-corrected chi connectivity index (χ2v) is 4.76. The fourth-order valence-corrected chi connectivity index (χ4v) is 1.51. The molecule has 0 radical (unpaired) electrons. The van der Waals surface area contributed by atoms with Crippen molar-refractivity contribution in [3.8, 4) is 5.75 Å². The van der Waals surface area contributed by atoms with E-state index in [0.717, 1.165) is 10.9 Å². The van der Waals surface area contributed by atoms with Gasteiger partial charge in [-0.3, -0.25) is 0 Å². The van der Waals surface area contributed by atoms with E-state index in [4.69, 9.17) is 9.47 Å². The Kier molecular flexibility index (Phi) is 2.79. The molecular weight excluding hydrogens is 218 g/mol. The molecule has 90 valence electrons. The lowest BCUT2D eigenvalue weighted by molar-refractivity contribution is 0.0209. The first-order chi connectivity index (χ1) is 7.96. The summed E-state index contributed by atoms with van der Waals surface area (Å²) in [6.45, 7) is 5.39. The van der Waals surface area contributed by atoms with E-state index in [2.05, 4.69) is 4.98 Å². The Balaban J connectivity index is 2.18. The molecule has 1 N–H and O–H groups in total. The molecule has 17 heavy (non-hydrogen) atoms. The molecule has 1 heterocycles. The maximum Gasteiger partial charge on any atom is 0.514 e. The summed E-state index contributed by atoms with van der Waals surface area (Å²) in [5, 5.41) is 0.860. The van der Waals surface area contributed by atoms with Crippen LogP contribution in [0.1, 0.15) is 20.8 Å². The van der Waals surface area contributed by atoms with Gasteiger partial charge in [0.1, 0.15) is 11.4 Å². The summed E-state index contributed by atoms with van der Waals surface area (Å²) in [4.78, 5) is 14.6. The minimum absolute atomic E-state index is 0.498. The van der Waals surface area contributed by atoms with Crippen molar-refractivity contribution >= 4 is 17.1 Å². The minimum Gasteiger partial charge on any atom is -0.428 e. The molecule has 0 aliphatic heterocycles. The predicted octanol–water partition coefficient (Wildman–Crippen LogP) is 3.48. The first-order valence-electron chi connectivity index (χ1n) is 5.43. The van der Waals surface area contributed by atoms with Gasteiger partial charge in [0.05, 0.1) is 0 Å². The maximum atomic E-state index is 11.5. The fourth-order valence-electron chi connectivity index (χ4n) is 1.51. The van der Waals surface area contributed by atoms with E-state index < -0.39 is 11.8 Å². The number of nitrogens with one attached hydrogen (secondary N) is 1. The highest BCUT2D eigenvalue weighted by Gasteiger charge is 2.18. The zero-order valence-electron chi connectivity index (χ0n) is 10.1. The molecule has 0 unspecified atom stereocenters.